The van der Waals surface area contributed by atoms with Crippen molar-refractivity contribution >= 4 is 33.3 Å². The van der Waals surface area contributed by atoms with Gasteiger partial charge in [0, 0.05) is 63.1 Å². The van der Waals surface area contributed by atoms with E-state index in [2.05, 4.69) is 15.2 Å². The lowest BCUT2D eigenvalue weighted by Gasteiger charge is -2.28. The lowest BCUT2D eigenvalue weighted by Crippen LogP contribution is -2.37. The third-order valence-corrected chi connectivity index (χ3v) is 8.58. The summed E-state index contributed by atoms with van der Waals surface area (Å²) < 4.78 is 29.7. The molecule has 0 saturated carbocycles. The molecule has 1 N–H and O–H groups in total. The highest BCUT2D eigenvalue weighted by molar-refractivity contribution is 6.03. The first-order valence-corrected chi connectivity index (χ1v) is 15.3. The van der Waals surface area contributed by atoms with Gasteiger partial charge in [-0.05, 0) is 42.6 Å². The van der Waals surface area contributed by atoms with Crippen molar-refractivity contribution < 1.29 is 18.7 Å². The fourth-order valence-corrected chi connectivity index (χ4v) is 6.14. The number of hydrogen-bond acceptors (Lipinski definition) is 7. The standard InChI is InChI=1S/C35H34FN5O4/c1-39(16-12-24-8-4-5-13-37-24)35(43)27-22-41-29-11-10-23-7-2-3-9-25(23)33(29)45-34-30(28(36)21-26(31(34)41)32(27)42)38-14-6-15-40-17-19-44-20-18-40/h2-5,7-11,13,21-22,38H,6,12,14-20H2,1H3. The Morgan fingerprint density at radius 3 is 2.69 bits per heavy atom. The topological polar surface area (TPSA) is 88.9 Å². The fourth-order valence-electron chi connectivity index (χ4n) is 6.14. The molecule has 2 aromatic heterocycles. The van der Waals surface area contributed by atoms with Gasteiger partial charge in [0.15, 0.2) is 17.3 Å². The summed E-state index contributed by atoms with van der Waals surface area (Å²) in [5.41, 5.74) is 1.56. The van der Waals surface area contributed by atoms with E-state index in [0.29, 0.717) is 36.5 Å². The largest absolute Gasteiger partial charge is 0.450 e. The zero-order chi connectivity index (χ0) is 30.9. The summed E-state index contributed by atoms with van der Waals surface area (Å²) >= 11 is 0. The van der Waals surface area contributed by atoms with Crippen molar-refractivity contribution in [1.82, 2.24) is 19.4 Å². The number of rotatable bonds is 9. The van der Waals surface area contributed by atoms with Crippen LogP contribution in [0.5, 0.6) is 11.5 Å². The van der Waals surface area contributed by atoms with Gasteiger partial charge in [-0.3, -0.25) is 19.5 Å². The number of benzene rings is 3. The molecule has 1 fully saturated rings. The van der Waals surface area contributed by atoms with Gasteiger partial charge in [-0.25, -0.2) is 4.39 Å². The molecule has 1 amide bonds. The molecule has 0 atom stereocenters. The van der Waals surface area contributed by atoms with Crippen molar-refractivity contribution in [1.29, 1.82) is 0 Å². The molecular weight excluding hydrogens is 573 g/mol. The summed E-state index contributed by atoms with van der Waals surface area (Å²) in [4.78, 5) is 35.8. The van der Waals surface area contributed by atoms with E-state index in [1.165, 1.54) is 11.0 Å². The van der Waals surface area contributed by atoms with E-state index in [1.54, 1.807) is 24.0 Å². The molecule has 45 heavy (non-hydrogen) atoms. The van der Waals surface area contributed by atoms with E-state index in [1.807, 2.05) is 54.6 Å². The molecule has 0 unspecified atom stereocenters. The van der Waals surface area contributed by atoms with E-state index in [-0.39, 0.29) is 22.4 Å². The minimum absolute atomic E-state index is 0.0383. The third-order valence-electron chi connectivity index (χ3n) is 8.58. The molecule has 4 heterocycles. The number of halogens is 1. The van der Waals surface area contributed by atoms with Crippen LogP contribution in [0.2, 0.25) is 0 Å². The smallest absolute Gasteiger partial charge is 0.259 e. The molecule has 0 radical (unpaired) electrons. The van der Waals surface area contributed by atoms with Crippen LogP contribution in [0.4, 0.5) is 10.1 Å². The van der Waals surface area contributed by atoms with Gasteiger partial charge in [-0.2, -0.15) is 0 Å². The second-order valence-electron chi connectivity index (χ2n) is 11.5. The lowest BCUT2D eigenvalue weighted by atomic mass is 10.0. The number of morpholine rings is 1. The summed E-state index contributed by atoms with van der Waals surface area (Å²) in [5, 5.41) is 5.14. The molecule has 5 aromatic rings. The van der Waals surface area contributed by atoms with Gasteiger partial charge < -0.3 is 24.3 Å². The molecule has 0 spiro atoms. The monoisotopic (exact) mass is 607 g/mol. The van der Waals surface area contributed by atoms with Crippen LogP contribution in [-0.4, -0.2) is 78.2 Å². The van der Waals surface area contributed by atoms with Crippen molar-refractivity contribution in [3.05, 3.63) is 100 Å². The number of anilines is 1. The SMILES string of the molecule is CN(CCc1ccccn1)C(=O)c1cn2c3c(c(NCCCN4CCOCC4)c(F)cc3c1=O)Oc1c-2ccc2ccccc12. The summed E-state index contributed by atoms with van der Waals surface area (Å²) in [5.74, 6) is -0.277. The normalized spacial score (nSPS) is 14.3. The Bertz CT molecular complexity index is 1960. The number of amides is 1. The van der Waals surface area contributed by atoms with Gasteiger partial charge in [0.1, 0.15) is 16.8 Å². The van der Waals surface area contributed by atoms with Crippen molar-refractivity contribution in [3.8, 4) is 17.2 Å². The van der Waals surface area contributed by atoms with Crippen LogP contribution in [-0.2, 0) is 11.2 Å². The van der Waals surface area contributed by atoms with Gasteiger partial charge in [-0.1, -0.05) is 36.4 Å². The van der Waals surface area contributed by atoms with E-state index in [9.17, 15) is 9.59 Å². The number of carbonyl (C=O) groups excluding carboxylic acids is 1. The predicted octanol–water partition coefficient (Wildman–Crippen LogP) is 5.23. The van der Waals surface area contributed by atoms with Crippen molar-refractivity contribution in [3.63, 3.8) is 0 Å². The van der Waals surface area contributed by atoms with Crippen LogP contribution in [0.1, 0.15) is 22.5 Å². The van der Waals surface area contributed by atoms with Crippen LogP contribution in [0.15, 0.2) is 77.9 Å². The lowest BCUT2D eigenvalue weighted by molar-refractivity contribution is 0.0378. The zero-order valence-electron chi connectivity index (χ0n) is 25.1. The fraction of sp³-hybridized carbons (Fsp3) is 0.286. The Balaban J connectivity index is 1.29. The Kier molecular flexibility index (Phi) is 7.91. The number of likely N-dealkylation sites (N-methyl/N-ethyl adjacent to an activating group) is 1. The average Bonchev–Trinajstić information content (AvgIpc) is 3.08. The van der Waals surface area contributed by atoms with Gasteiger partial charge >= 0.3 is 0 Å². The van der Waals surface area contributed by atoms with E-state index < -0.39 is 17.2 Å². The molecular formula is C35H34FN5O4. The van der Waals surface area contributed by atoms with Crippen molar-refractivity contribution in [2.45, 2.75) is 12.8 Å². The number of carbonyl (C=O) groups is 1. The molecule has 9 nitrogen and oxygen atoms in total. The summed E-state index contributed by atoms with van der Waals surface area (Å²) in [6.45, 7) is 4.95. The quantitative estimate of drug-likeness (QED) is 0.225. The van der Waals surface area contributed by atoms with Crippen LogP contribution < -0.4 is 15.5 Å². The minimum atomic E-state index is -0.607. The van der Waals surface area contributed by atoms with Crippen molar-refractivity contribution in [2.24, 2.45) is 0 Å². The number of pyridine rings is 2. The van der Waals surface area contributed by atoms with Gasteiger partial charge in [0.05, 0.1) is 24.3 Å². The summed E-state index contributed by atoms with van der Waals surface area (Å²) in [7, 11) is 1.66. The molecule has 3 aromatic carbocycles. The number of hydrogen-bond donors (Lipinski definition) is 1. The van der Waals surface area contributed by atoms with E-state index in [0.717, 1.165) is 55.7 Å². The number of ether oxygens (including phenoxy) is 2. The molecule has 2 aliphatic heterocycles. The molecule has 0 bridgehead atoms. The highest BCUT2D eigenvalue weighted by atomic mass is 19.1. The summed E-state index contributed by atoms with van der Waals surface area (Å²) in [6.07, 6.45) is 4.61. The zero-order valence-corrected chi connectivity index (χ0v) is 25.1. The van der Waals surface area contributed by atoms with Gasteiger partial charge in [-0.15, -0.1) is 0 Å². The van der Waals surface area contributed by atoms with Crippen molar-refractivity contribution in [2.75, 3.05) is 58.3 Å². The van der Waals surface area contributed by atoms with E-state index in [4.69, 9.17) is 9.47 Å². The first-order valence-electron chi connectivity index (χ1n) is 15.3. The van der Waals surface area contributed by atoms with Crippen LogP contribution in [0.3, 0.4) is 0 Å². The first kappa shape index (κ1) is 28.9. The first-order chi connectivity index (χ1) is 22.0. The maximum atomic E-state index is 16.0. The highest BCUT2D eigenvalue weighted by Crippen LogP contribution is 2.47. The predicted molar refractivity (Wildman–Crippen MR) is 172 cm³/mol. The average molecular weight is 608 g/mol. The summed E-state index contributed by atoms with van der Waals surface area (Å²) in [6, 6.07) is 18.5. The Morgan fingerprint density at radius 1 is 1.04 bits per heavy atom. The van der Waals surface area contributed by atoms with Crippen LogP contribution in [0, 0.1) is 5.82 Å². The minimum Gasteiger partial charge on any atom is -0.450 e. The second-order valence-corrected chi connectivity index (χ2v) is 11.5. The molecule has 0 aliphatic carbocycles. The Labute approximate surface area is 259 Å². The maximum Gasteiger partial charge on any atom is 0.259 e. The third kappa shape index (κ3) is 5.51. The highest BCUT2D eigenvalue weighted by Gasteiger charge is 2.30. The van der Waals surface area contributed by atoms with Gasteiger partial charge in [0.25, 0.3) is 5.91 Å². The number of aromatic nitrogens is 2. The van der Waals surface area contributed by atoms with Crippen LogP contribution in [0.25, 0.3) is 27.4 Å². The van der Waals surface area contributed by atoms with Crippen LogP contribution >= 0.6 is 0 Å². The molecule has 1 saturated heterocycles. The van der Waals surface area contributed by atoms with Gasteiger partial charge in [0.2, 0.25) is 5.43 Å². The number of nitrogens with zero attached hydrogens (tertiary/aromatic N) is 4. The Morgan fingerprint density at radius 2 is 1.87 bits per heavy atom. The van der Waals surface area contributed by atoms with E-state index >= 15 is 4.39 Å². The number of fused-ring (bicyclic) bond motifs is 4. The number of nitrogens with one attached hydrogen (secondary N) is 1. The molecule has 2 aliphatic rings. The Hall–Kier alpha value is -4.80. The molecule has 10 heteroatoms. The molecule has 230 valence electrons. The molecule has 7 rings (SSSR count). The maximum absolute atomic E-state index is 16.0. The second kappa shape index (κ2) is 12.3.